The van der Waals surface area contributed by atoms with Crippen LogP contribution in [0.1, 0.15) is 34.1 Å². The van der Waals surface area contributed by atoms with Gasteiger partial charge in [-0.25, -0.2) is 8.42 Å². The summed E-state index contributed by atoms with van der Waals surface area (Å²) in [4.78, 5) is 11.5. The van der Waals surface area contributed by atoms with Gasteiger partial charge in [-0.2, -0.15) is 0 Å². The first-order valence-corrected chi connectivity index (χ1v) is 6.93. The summed E-state index contributed by atoms with van der Waals surface area (Å²) in [5.41, 5.74) is 0.169. The Morgan fingerprint density at radius 1 is 1.50 bits per heavy atom. The largest absolute Gasteiger partial charge is 0.460 e. The van der Waals surface area contributed by atoms with Gasteiger partial charge in [0, 0.05) is 0 Å². The zero-order chi connectivity index (χ0) is 12.6. The maximum atomic E-state index is 11.6. The maximum Gasteiger partial charge on any atom is 0.307 e. The molecule has 0 aromatic carbocycles. The van der Waals surface area contributed by atoms with Crippen molar-refractivity contribution in [3.05, 3.63) is 11.6 Å². The first kappa shape index (κ1) is 13.2. The lowest BCUT2D eigenvalue weighted by molar-refractivity contribution is -0.154. The Balaban J connectivity index is 2.68. The van der Waals surface area contributed by atoms with Crippen molar-refractivity contribution < 1.29 is 17.9 Å². The second-order valence-electron chi connectivity index (χ2n) is 5.06. The number of hydrogen-bond donors (Lipinski definition) is 0. The fourth-order valence-corrected chi connectivity index (χ4v) is 3.38. The van der Waals surface area contributed by atoms with Crippen molar-refractivity contribution in [1.29, 1.82) is 0 Å². The van der Waals surface area contributed by atoms with Crippen LogP contribution in [0.3, 0.4) is 0 Å². The van der Waals surface area contributed by atoms with E-state index in [-0.39, 0.29) is 12.2 Å². The van der Waals surface area contributed by atoms with Gasteiger partial charge in [-0.1, -0.05) is 11.6 Å². The summed E-state index contributed by atoms with van der Waals surface area (Å²) in [7, 11) is -3.18. The highest BCUT2D eigenvalue weighted by atomic mass is 32.2. The van der Waals surface area contributed by atoms with Crippen LogP contribution >= 0.6 is 0 Å². The minimum absolute atomic E-state index is 0.0340. The topological polar surface area (TPSA) is 60.4 Å². The van der Waals surface area contributed by atoms with E-state index in [2.05, 4.69) is 0 Å². The van der Waals surface area contributed by atoms with Crippen LogP contribution in [-0.4, -0.2) is 31.0 Å². The number of rotatable bonds is 2. The summed E-state index contributed by atoms with van der Waals surface area (Å²) >= 11 is 0. The SMILES string of the molecule is CC1=CCS(=O)(=O)C1CC(=O)OC(C)(C)C. The van der Waals surface area contributed by atoms with E-state index in [1.54, 1.807) is 33.8 Å². The number of ether oxygens (including phenoxy) is 1. The average Bonchev–Trinajstić information content (AvgIpc) is 2.28. The van der Waals surface area contributed by atoms with Crippen molar-refractivity contribution in [2.24, 2.45) is 0 Å². The molecular weight excluding hydrogens is 228 g/mol. The molecule has 0 bridgehead atoms. The molecule has 0 aromatic rings. The molecule has 0 aliphatic carbocycles. The molecule has 1 unspecified atom stereocenters. The Hall–Kier alpha value is -0.840. The van der Waals surface area contributed by atoms with Crippen molar-refractivity contribution >= 4 is 15.8 Å². The van der Waals surface area contributed by atoms with Crippen molar-refractivity contribution in [2.45, 2.75) is 45.0 Å². The van der Waals surface area contributed by atoms with Gasteiger partial charge in [-0.15, -0.1) is 0 Å². The molecule has 0 amide bonds. The van der Waals surface area contributed by atoms with Crippen LogP contribution < -0.4 is 0 Å². The van der Waals surface area contributed by atoms with Gasteiger partial charge in [0.05, 0.1) is 17.4 Å². The molecule has 1 heterocycles. The standard InChI is InChI=1S/C11H18O4S/c1-8-5-6-16(13,14)9(8)7-10(12)15-11(2,3)4/h5,9H,6-7H2,1-4H3. The average molecular weight is 246 g/mol. The molecule has 4 nitrogen and oxygen atoms in total. The lowest BCUT2D eigenvalue weighted by Crippen LogP contribution is -2.29. The molecule has 0 fully saturated rings. The molecule has 1 rings (SSSR count). The zero-order valence-electron chi connectivity index (χ0n) is 10.1. The molecule has 16 heavy (non-hydrogen) atoms. The summed E-state index contributed by atoms with van der Waals surface area (Å²) in [6, 6.07) is 0. The predicted molar refractivity (Wildman–Crippen MR) is 61.8 cm³/mol. The normalized spacial score (nSPS) is 24.0. The molecule has 5 heteroatoms. The third kappa shape index (κ3) is 3.33. The molecule has 92 valence electrons. The Kier molecular flexibility index (Phi) is 3.47. The van der Waals surface area contributed by atoms with Crippen LogP contribution in [0.4, 0.5) is 0 Å². The number of carbonyl (C=O) groups excluding carboxylic acids is 1. The summed E-state index contributed by atoms with van der Waals surface area (Å²) in [6.45, 7) is 7.02. The van der Waals surface area contributed by atoms with Crippen molar-refractivity contribution in [3.8, 4) is 0 Å². The van der Waals surface area contributed by atoms with Crippen LogP contribution in [0.2, 0.25) is 0 Å². The van der Waals surface area contributed by atoms with Gasteiger partial charge in [-0.05, 0) is 27.7 Å². The number of esters is 1. The molecule has 1 atom stereocenters. The van der Waals surface area contributed by atoms with E-state index in [1.165, 1.54) is 0 Å². The van der Waals surface area contributed by atoms with E-state index in [0.29, 0.717) is 0 Å². The molecule has 0 spiro atoms. The summed E-state index contributed by atoms with van der Waals surface area (Å²) in [5, 5.41) is -0.692. The minimum atomic E-state index is -3.18. The van der Waals surface area contributed by atoms with Gasteiger partial charge in [0.1, 0.15) is 5.60 Å². The fourth-order valence-electron chi connectivity index (χ4n) is 1.60. The molecule has 0 saturated carbocycles. The van der Waals surface area contributed by atoms with Crippen LogP contribution in [-0.2, 0) is 19.4 Å². The molecule has 0 saturated heterocycles. The maximum absolute atomic E-state index is 11.6. The predicted octanol–water partition coefficient (Wildman–Crippen LogP) is 1.46. The molecule has 1 aliphatic rings. The van der Waals surface area contributed by atoms with Gasteiger partial charge in [0.25, 0.3) is 0 Å². The monoisotopic (exact) mass is 246 g/mol. The second kappa shape index (κ2) is 4.20. The Morgan fingerprint density at radius 3 is 2.44 bits per heavy atom. The van der Waals surface area contributed by atoms with Crippen LogP contribution in [0.5, 0.6) is 0 Å². The van der Waals surface area contributed by atoms with Gasteiger partial charge in [0.15, 0.2) is 9.84 Å². The van der Waals surface area contributed by atoms with E-state index in [9.17, 15) is 13.2 Å². The Labute approximate surface area is 96.6 Å². The minimum Gasteiger partial charge on any atom is -0.460 e. The van der Waals surface area contributed by atoms with Crippen LogP contribution in [0, 0.1) is 0 Å². The third-order valence-electron chi connectivity index (χ3n) is 2.35. The smallest absolute Gasteiger partial charge is 0.307 e. The van der Waals surface area contributed by atoms with Gasteiger partial charge >= 0.3 is 5.97 Å². The number of carbonyl (C=O) groups is 1. The summed E-state index contributed by atoms with van der Waals surface area (Å²) in [5.74, 6) is -0.428. The molecule has 0 radical (unpaired) electrons. The Bertz CT molecular complexity index is 412. The van der Waals surface area contributed by atoms with E-state index in [1.807, 2.05) is 0 Å². The number of sulfone groups is 1. The Morgan fingerprint density at radius 2 is 2.06 bits per heavy atom. The third-order valence-corrected chi connectivity index (χ3v) is 4.39. The molecular formula is C11H18O4S. The van der Waals surface area contributed by atoms with Gasteiger partial charge < -0.3 is 4.74 Å². The number of hydrogen-bond acceptors (Lipinski definition) is 4. The first-order valence-electron chi connectivity index (χ1n) is 5.22. The second-order valence-corrected chi connectivity index (χ2v) is 7.28. The lowest BCUT2D eigenvalue weighted by Gasteiger charge is -2.21. The molecule has 1 aliphatic heterocycles. The van der Waals surface area contributed by atoms with Crippen molar-refractivity contribution in [2.75, 3.05) is 5.75 Å². The highest BCUT2D eigenvalue weighted by molar-refractivity contribution is 7.92. The fraction of sp³-hybridized carbons (Fsp3) is 0.727. The van der Waals surface area contributed by atoms with E-state index in [0.717, 1.165) is 5.57 Å². The molecule has 0 aromatic heterocycles. The zero-order valence-corrected chi connectivity index (χ0v) is 10.9. The van der Waals surface area contributed by atoms with Gasteiger partial charge in [0.2, 0.25) is 0 Å². The lowest BCUT2D eigenvalue weighted by atomic mass is 10.1. The van der Waals surface area contributed by atoms with E-state index < -0.39 is 26.7 Å². The summed E-state index contributed by atoms with van der Waals surface area (Å²) < 4.78 is 28.3. The van der Waals surface area contributed by atoms with Crippen LogP contribution in [0.15, 0.2) is 11.6 Å². The van der Waals surface area contributed by atoms with Crippen molar-refractivity contribution in [3.63, 3.8) is 0 Å². The van der Waals surface area contributed by atoms with Crippen molar-refractivity contribution in [1.82, 2.24) is 0 Å². The van der Waals surface area contributed by atoms with E-state index >= 15 is 0 Å². The van der Waals surface area contributed by atoms with E-state index in [4.69, 9.17) is 4.74 Å². The highest BCUT2D eigenvalue weighted by Crippen LogP contribution is 2.24. The van der Waals surface area contributed by atoms with Gasteiger partial charge in [-0.3, -0.25) is 4.79 Å². The summed E-state index contributed by atoms with van der Waals surface area (Å²) in [6.07, 6.45) is 1.58. The molecule has 0 N–H and O–H groups in total. The first-order chi connectivity index (χ1) is 7.12. The quantitative estimate of drug-likeness (QED) is 0.546. The highest BCUT2D eigenvalue weighted by Gasteiger charge is 2.34. The van der Waals surface area contributed by atoms with Crippen LogP contribution in [0.25, 0.3) is 0 Å².